The SMILES string of the molecule is CCCCOc1ccc(S(=O)(=O)N2CCN(c3ccc(Nc4cccc(C)n4)nn3)CC2)cc1. The molecule has 1 saturated heterocycles. The molecule has 3 heterocycles. The van der Waals surface area contributed by atoms with E-state index >= 15 is 0 Å². The molecule has 1 aliphatic rings. The average Bonchev–Trinajstić information content (AvgIpc) is 2.85. The van der Waals surface area contributed by atoms with E-state index in [1.54, 1.807) is 24.3 Å². The highest BCUT2D eigenvalue weighted by Gasteiger charge is 2.29. The summed E-state index contributed by atoms with van der Waals surface area (Å²) in [6.07, 6.45) is 2.02. The zero-order valence-electron chi connectivity index (χ0n) is 19.5. The zero-order valence-corrected chi connectivity index (χ0v) is 20.3. The van der Waals surface area contributed by atoms with Gasteiger partial charge in [-0.3, -0.25) is 0 Å². The summed E-state index contributed by atoms with van der Waals surface area (Å²) in [6.45, 7) is 6.50. The molecule has 0 saturated carbocycles. The molecule has 3 aromatic rings. The second-order valence-corrected chi connectivity index (χ2v) is 10.1. The monoisotopic (exact) mass is 482 g/mol. The van der Waals surface area contributed by atoms with Crippen LogP contribution in [0.4, 0.5) is 17.5 Å². The summed E-state index contributed by atoms with van der Waals surface area (Å²) in [4.78, 5) is 6.72. The Bertz CT molecular complexity index is 1180. The number of aromatic nitrogens is 3. The first-order valence-corrected chi connectivity index (χ1v) is 12.9. The third kappa shape index (κ3) is 5.81. The summed E-state index contributed by atoms with van der Waals surface area (Å²) in [5, 5.41) is 11.7. The van der Waals surface area contributed by atoms with Gasteiger partial charge in [-0.1, -0.05) is 19.4 Å². The molecule has 4 rings (SSSR count). The topological polar surface area (TPSA) is 101 Å². The third-order valence-electron chi connectivity index (χ3n) is 5.59. The van der Waals surface area contributed by atoms with Crippen LogP contribution in [0.15, 0.2) is 59.5 Å². The molecule has 1 fully saturated rings. The van der Waals surface area contributed by atoms with E-state index in [0.717, 1.165) is 18.5 Å². The predicted molar refractivity (Wildman–Crippen MR) is 132 cm³/mol. The highest BCUT2D eigenvalue weighted by atomic mass is 32.2. The van der Waals surface area contributed by atoms with Gasteiger partial charge >= 0.3 is 0 Å². The summed E-state index contributed by atoms with van der Waals surface area (Å²) in [6, 6.07) is 16.1. The molecule has 1 N–H and O–H groups in total. The summed E-state index contributed by atoms with van der Waals surface area (Å²) in [5.74, 6) is 2.71. The molecule has 10 heteroatoms. The Labute approximate surface area is 200 Å². The maximum atomic E-state index is 13.1. The number of ether oxygens (including phenoxy) is 1. The number of piperazine rings is 1. The van der Waals surface area contributed by atoms with Crippen molar-refractivity contribution in [1.82, 2.24) is 19.5 Å². The van der Waals surface area contributed by atoms with Crippen molar-refractivity contribution < 1.29 is 13.2 Å². The molecule has 0 amide bonds. The molecule has 0 bridgehead atoms. The van der Waals surface area contributed by atoms with Gasteiger partial charge in [0, 0.05) is 31.9 Å². The molecule has 34 heavy (non-hydrogen) atoms. The van der Waals surface area contributed by atoms with Crippen molar-refractivity contribution >= 4 is 27.5 Å². The molecule has 0 aliphatic carbocycles. The molecule has 180 valence electrons. The Hall–Kier alpha value is -3.24. The lowest BCUT2D eigenvalue weighted by atomic mass is 10.3. The Kier molecular flexibility index (Phi) is 7.59. The first-order chi connectivity index (χ1) is 16.5. The van der Waals surface area contributed by atoms with Crippen LogP contribution < -0.4 is 15.0 Å². The fraction of sp³-hybridized carbons (Fsp3) is 0.375. The van der Waals surface area contributed by atoms with Crippen LogP contribution in [-0.2, 0) is 10.0 Å². The summed E-state index contributed by atoms with van der Waals surface area (Å²) < 4.78 is 33.3. The number of nitrogens with zero attached hydrogens (tertiary/aromatic N) is 5. The van der Waals surface area contributed by atoms with Crippen LogP contribution in [0.25, 0.3) is 0 Å². The maximum absolute atomic E-state index is 13.1. The predicted octanol–water partition coefficient (Wildman–Crippen LogP) is 3.61. The first-order valence-electron chi connectivity index (χ1n) is 11.5. The van der Waals surface area contributed by atoms with Crippen LogP contribution in [0, 0.1) is 6.92 Å². The van der Waals surface area contributed by atoms with Gasteiger partial charge in [-0.05, 0) is 61.9 Å². The molecular weight excluding hydrogens is 452 g/mol. The first kappa shape index (κ1) is 23.9. The van der Waals surface area contributed by atoms with E-state index in [9.17, 15) is 8.42 Å². The molecule has 1 aromatic carbocycles. The van der Waals surface area contributed by atoms with E-state index in [4.69, 9.17) is 4.74 Å². The number of rotatable bonds is 9. The zero-order chi connectivity index (χ0) is 24.0. The minimum Gasteiger partial charge on any atom is -0.494 e. The lowest BCUT2D eigenvalue weighted by molar-refractivity contribution is 0.309. The van der Waals surface area contributed by atoms with Crippen molar-refractivity contribution in [2.75, 3.05) is 43.0 Å². The average molecular weight is 483 g/mol. The smallest absolute Gasteiger partial charge is 0.243 e. The van der Waals surface area contributed by atoms with E-state index in [2.05, 4.69) is 27.4 Å². The lowest BCUT2D eigenvalue weighted by Crippen LogP contribution is -2.48. The number of unbranched alkanes of at least 4 members (excludes halogenated alkanes) is 1. The molecule has 9 nitrogen and oxygen atoms in total. The molecule has 0 atom stereocenters. The molecule has 0 spiro atoms. The number of benzene rings is 1. The minimum absolute atomic E-state index is 0.281. The van der Waals surface area contributed by atoms with Gasteiger partial charge in [0.05, 0.1) is 11.5 Å². The number of pyridine rings is 1. The quantitative estimate of drug-likeness (QED) is 0.462. The van der Waals surface area contributed by atoms with Gasteiger partial charge in [-0.25, -0.2) is 13.4 Å². The van der Waals surface area contributed by atoms with Crippen molar-refractivity contribution in [3.63, 3.8) is 0 Å². The molecule has 0 unspecified atom stereocenters. The summed E-state index contributed by atoms with van der Waals surface area (Å²) in [7, 11) is -3.56. The Morgan fingerprint density at radius 3 is 2.35 bits per heavy atom. The van der Waals surface area contributed by atoms with Crippen LogP contribution in [0.3, 0.4) is 0 Å². The number of hydrogen-bond acceptors (Lipinski definition) is 8. The Morgan fingerprint density at radius 1 is 0.941 bits per heavy atom. The van der Waals surface area contributed by atoms with Crippen LogP contribution >= 0.6 is 0 Å². The van der Waals surface area contributed by atoms with E-state index in [1.165, 1.54) is 4.31 Å². The second-order valence-electron chi connectivity index (χ2n) is 8.13. The van der Waals surface area contributed by atoms with Crippen LogP contribution in [0.1, 0.15) is 25.5 Å². The number of nitrogens with one attached hydrogen (secondary N) is 1. The lowest BCUT2D eigenvalue weighted by Gasteiger charge is -2.34. The van der Waals surface area contributed by atoms with Crippen LogP contribution in [0.2, 0.25) is 0 Å². The summed E-state index contributed by atoms with van der Waals surface area (Å²) >= 11 is 0. The van der Waals surface area contributed by atoms with Crippen molar-refractivity contribution in [3.8, 4) is 5.75 Å². The highest BCUT2D eigenvalue weighted by Crippen LogP contribution is 2.23. The third-order valence-corrected chi connectivity index (χ3v) is 7.50. The fourth-order valence-electron chi connectivity index (χ4n) is 3.65. The largest absolute Gasteiger partial charge is 0.494 e. The van der Waals surface area contributed by atoms with Gasteiger partial charge in [0.1, 0.15) is 11.6 Å². The van der Waals surface area contributed by atoms with Crippen LogP contribution in [-0.4, -0.2) is 60.7 Å². The van der Waals surface area contributed by atoms with Crippen molar-refractivity contribution in [3.05, 3.63) is 60.3 Å². The molecule has 0 radical (unpaired) electrons. The van der Waals surface area contributed by atoms with Gasteiger partial charge in [-0.15, -0.1) is 10.2 Å². The normalized spacial score (nSPS) is 14.7. The Balaban J connectivity index is 1.33. The fourth-order valence-corrected chi connectivity index (χ4v) is 5.08. The van der Waals surface area contributed by atoms with E-state index in [1.807, 2.05) is 42.2 Å². The van der Waals surface area contributed by atoms with Crippen LogP contribution in [0.5, 0.6) is 5.75 Å². The number of sulfonamides is 1. The van der Waals surface area contributed by atoms with Gasteiger partial charge in [-0.2, -0.15) is 4.31 Å². The van der Waals surface area contributed by atoms with Gasteiger partial charge in [0.15, 0.2) is 11.6 Å². The van der Waals surface area contributed by atoms with E-state index in [-0.39, 0.29) is 4.90 Å². The van der Waals surface area contributed by atoms with Gasteiger partial charge in [0.2, 0.25) is 10.0 Å². The van der Waals surface area contributed by atoms with E-state index < -0.39 is 10.0 Å². The molecular formula is C24H30N6O3S. The molecule has 1 aliphatic heterocycles. The molecule has 2 aromatic heterocycles. The summed E-state index contributed by atoms with van der Waals surface area (Å²) in [5.41, 5.74) is 0.915. The van der Waals surface area contributed by atoms with Crippen molar-refractivity contribution in [1.29, 1.82) is 0 Å². The number of hydrogen-bond donors (Lipinski definition) is 1. The maximum Gasteiger partial charge on any atom is 0.243 e. The standard InChI is InChI=1S/C24H30N6O3S/c1-3-4-18-33-20-8-10-21(11-9-20)34(31,32)30-16-14-29(15-17-30)24-13-12-23(27-28-24)26-22-7-5-6-19(2)25-22/h5-13H,3-4,14-18H2,1-2H3,(H,25,26,27). The Morgan fingerprint density at radius 2 is 1.71 bits per heavy atom. The van der Waals surface area contributed by atoms with Gasteiger partial charge < -0.3 is 15.0 Å². The van der Waals surface area contributed by atoms with Gasteiger partial charge in [0.25, 0.3) is 0 Å². The van der Waals surface area contributed by atoms with E-state index in [0.29, 0.717) is 56.0 Å². The number of aryl methyl sites for hydroxylation is 1. The number of anilines is 3. The van der Waals surface area contributed by atoms with Crippen molar-refractivity contribution in [2.45, 2.75) is 31.6 Å². The van der Waals surface area contributed by atoms with Crippen molar-refractivity contribution in [2.24, 2.45) is 0 Å². The minimum atomic E-state index is -3.56. The second kappa shape index (κ2) is 10.8. The highest BCUT2D eigenvalue weighted by molar-refractivity contribution is 7.89.